The second kappa shape index (κ2) is 68.9. The Morgan fingerprint density at radius 3 is 0.762 bits per heavy atom. The van der Waals surface area contributed by atoms with Crippen molar-refractivity contribution in [2.24, 2.45) is 0 Å². The van der Waals surface area contributed by atoms with Crippen LogP contribution in [0.15, 0.2) is 48.6 Å². The van der Waals surface area contributed by atoms with Crippen molar-refractivity contribution in [1.82, 2.24) is 0 Å². The van der Waals surface area contributed by atoms with Gasteiger partial charge in [-0.05, 0) is 57.8 Å². The zero-order chi connectivity index (χ0) is 57.8. The molecule has 1 unspecified atom stereocenters. The maximum Gasteiger partial charge on any atom is 0.306 e. The van der Waals surface area contributed by atoms with Crippen molar-refractivity contribution in [2.45, 2.75) is 393 Å². The van der Waals surface area contributed by atoms with Crippen LogP contribution in [-0.2, 0) is 28.6 Å². The third kappa shape index (κ3) is 66.2. The summed E-state index contributed by atoms with van der Waals surface area (Å²) in [5, 5.41) is 0. The van der Waals surface area contributed by atoms with Gasteiger partial charge in [0.15, 0.2) is 6.10 Å². The molecule has 0 aliphatic rings. The molecule has 0 saturated carbocycles. The fourth-order valence-corrected chi connectivity index (χ4v) is 10.8. The average molecular weight is 1120 g/mol. The summed E-state index contributed by atoms with van der Waals surface area (Å²) >= 11 is 0. The van der Waals surface area contributed by atoms with Crippen LogP contribution in [0.3, 0.4) is 0 Å². The minimum absolute atomic E-state index is 0.0705. The van der Waals surface area contributed by atoms with Crippen LogP contribution in [0.25, 0.3) is 0 Å². The smallest absolute Gasteiger partial charge is 0.306 e. The van der Waals surface area contributed by atoms with Gasteiger partial charge in [-0.15, -0.1) is 0 Å². The number of hydrogen-bond acceptors (Lipinski definition) is 6. The SMILES string of the molecule is CC/C=C\C/C=C\C/C=C\C/C=C\CCCCCCCCCCCCC(=O)OC(COC(=O)CCCCCCCC)COC(=O)CCCCCCCCCCCCCCCCCCCCCCCCCCCCCCCCCCC. The largest absolute Gasteiger partial charge is 0.462 e. The molecule has 0 N–H and O–H groups in total. The van der Waals surface area contributed by atoms with Crippen molar-refractivity contribution in [2.75, 3.05) is 13.2 Å². The fourth-order valence-electron chi connectivity index (χ4n) is 10.8. The Hall–Kier alpha value is -2.63. The molecular formula is C74H136O6. The van der Waals surface area contributed by atoms with E-state index in [2.05, 4.69) is 69.4 Å². The number of hydrogen-bond donors (Lipinski definition) is 0. The summed E-state index contributed by atoms with van der Waals surface area (Å²) in [5.41, 5.74) is 0. The number of unbranched alkanes of at least 4 members (excludes halogenated alkanes) is 47. The Kier molecular flexibility index (Phi) is 66.6. The topological polar surface area (TPSA) is 78.9 Å². The second-order valence-corrected chi connectivity index (χ2v) is 24.1. The lowest BCUT2D eigenvalue weighted by atomic mass is 10.0. The van der Waals surface area contributed by atoms with Crippen LogP contribution in [0.4, 0.5) is 0 Å². The second-order valence-electron chi connectivity index (χ2n) is 24.1. The van der Waals surface area contributed by atoms with Gasteiger partial charge in [-0.1, -0.05) is 358 Å². The van der Waals surface area contributed by atoms with Gasteiger partial charge in [0, 0.05) is 19.3 Å². The third-order valence-electron chi connectivity index (χ3n) is 16.1. The summed E-state index contributed by atoms with van der Waals surface area (Å²) in [6.45, 7) is 6.53. The Morgan fingerprint density at radius 1 is 0.263 bits per heavy atom. The van der Waals surface area contributed by atoms with E-state index in [1.807, 2.05) is 0 Å². The molecule has 0 rings (SSSR count). The van der Waals surface area contributed by atoms with Gasteiger partial charge in [-0.2, -0.15) is 0 Å². The Morgan fingerprint density at radius 2 is 0.487 bits per heavy atom. The zero-order valence-electron chi connectivity index (χ0n) is 53.9. The highest BCUT2D eigenvalue weighted by molar-refractivity contribution is 5.71. The first-order valence-corrected chi connectivity index (χ1v) is 35.6. The molecule has 0 aliphatic carbocycles. The molecule has 0 aromatic rings. The minimum atomic E-state index is -0.771. The summed E-state index contributed by atoms with van der Waals surface area (Å²) in [6, 6.07) is 0. The quantitative estimate of drug-likeness (QED) is 0.0261. The highest BCUT2D eigenvalue weighted by atomic mass is 16.6. The van der Waals surface area contributed by atoms with Gasteiger partial charge >= 0.3 is 17.9 Å². The van der Waals surface area contributed by atoms with Crippen molar-refractivity contribution >= 4 is 17.9 Å². The number of rotatable bonds is 66. The Labute approximate surface area is 498 Å². The molecule has 0 aromatic heterocycles. The first-order valence-electron chi connectivity index (χ1n) is 35.6. The van der Waals surface area contributed by atoms with E-state index < -0.39 is 6.10 Å². The van der Waals surface area contributed by atoms with E-state index in [0.29, 0.717) is 19.3 Å². The van der Waals surface area contributed by atoms with Crippen LogP contribution in [0, 0.1) is 0 Å². The number of carbonyl (C=O) groups excluding carboxylic acids is 3. The van der Waals surface area contributed by atoms with Crippen LogP contribution in [0.5, 0.6) is 0 Å². The lowest BCUT2D eigenvalue weighted by Gasteiger charge is -2.18. The van der Waals surface area contributed by atoms with Gasteiger partial charge in [0.1, 0.15) is 13.2 Å². The number of allylic oxidation sites excluding steroid dienone is 8. The van der Waals surface area contributed by atoms with Gasteiger partial charge in [0.2, 0.25) is 0 Å². The monoisotopic (exact) mass is 1120 g/mol. The van der Waals surface area contributed by atoms with Crippen LogP contribution < -0.4 is 0 Å². The Balaban J connectivity index is 3.94. The van der Waals surface area contributed by atoms with Crippen LogP contribution in [-0.4, -0.2) is 37.2 Å². The number of carbonyl (C=O) groups is 3. The van der Waals surface area contributed by atoms with Gasteiger partial charge < -0.3 is 14.2 Å². The zero-order valence-corrected chi connectivity index (χ0v) is 53.9. The van der Waals surface area contributed by atoms with Gasteiger partial charge in [0.05, 0.1) is 0 Å². The van der Waals surface area contributed by atoms with Crippen molar-refractivity contribution in [3.63, 3.8) is 0 Å². The molecule has 0 fully saturated rings. The fraction of sp³-hybridized carbons (Fsp3) is 0.851. The van der Waals surface area contributed by atoms with E-state index in [1.54, 1.807) is 0 Å². The lowest BCUT2D eigenvalue weighted by molar-refractivity contribution is -0.167. The van der Waals surface area contributed by atoms with Crippen molar-refractivity contribution in [1.29, 1.82) is 0 Å². The molecule has 0 aliphatic heterocycles. The minimum Gasteiger partial charge on any atom is -0.462 e. The van der Waals surface area contributed by atoms with Crippen LogP contribution in [0.2, 0.25) is 0 Å². The van der Waals surface area contributed by atoms with Gasteiger partial charge in [-0.25, -0.2) is 0 Å². The summed E-state index contributed by atoms with van der Waals surface area (Å²) in [7, 11) is 0. The van der Waals surface area contributed by atoms with E-state index in [4.69, 9.17) is 14.2 Å². The highest BCUT2D eigenvalue weighted by Gasteiger charge is 2.19. The molecule has 0 aromatic carbocycles. The molecular weight excluding hydrogens is 985 g/mol. The first-order chi connectivity index (χ1) is 39.5. The molecule has 0 saturated heterocycles. The average Bonchev–Trinajstić information content (AvgIpc) is 3.46. The molecule has 0 radical (unpaired) electrons. The van der Waals surface area contributed by atoms with E-state index in [0.717, 1.165) is 83.5 Å². The first kappa shape index (κ1) is 77.4. The molecule has 0 heterocycles. The van der Waals surface area contributed by atoms with E-state index >= 15 is 0 Å². The summed E-state index contributed by atoms with van der Waals surface area (Å²) in [6.07, 6.45) is 87.7. The summed E-state index contributed by atoms with van der Waals surface area (Å²) in [5.74, 6) is -0.863. The third-order valence-corrected chi connectivity index (χ3v) is 16.1. The maximum absolute atomic E-state index is 12.9. The van der Waals surface area contributed by atoms with E-state index in [-0.39, 0.29) is 31.1 Å². The van der Waals surface area contributed by atoms with Crippen LogP contribution in [0.1, 0.15) is 387 Å². The van der Waals surface area contributed by atoms with E-state index in [9.17, 15) is 14.4 Å². The lowest BCUT2D eigenvalue weighted by Crippen LogP contribution is -2.30. The van der Waals surface area contributed by atoms with Crippen molar-refractivity contribution in [3.8, 4) is 0 Å². The Bertz CT molecular complexity index is 1380. The molecule has 0 spiro atoms. The normalized spacial score (nSPS) is 12.3. The van der Waals surface area contributed by atoms with E-state index in [1.165, 1.54) is 263 Å². The van der Waals surface area contributed by atoms with Crippen molar-refractivity contribution < 1.29 is 28.6 Å². The van der Waals surface area contributed by atoms with Gasteiger partial charge in [-0.3, -0.25) is 14.4 Å². The summed E-state index contributed by atoms with van der Waals surface area (Å²) in [4.78, 5) is 38.1. The summed E-state index contributed by atoms with van der Waals surface area (Å²) < 4.78 is 16.9. The molecule has 468 valence electrons. The van der Waals surface area contributed by atoms with Crippen molar-refractivity contribution in [3.05, 3.63) is 48.6 Å². The molecule has 0 amide bonds. The standard InChI is InChI=1S/C74H136O6/c1-4-7-10-13-16-18-20-22-24-26-28-30-32-33-34-35-36-37-38-39-40-41-43-44-46-48-50-52-54-56-58-61-64-67-73(76)79-70-71(69-78-72(75)66-63-60-15-12-9-6-3)80-74(77)68-65-62-59-57-55-53-51-49-47-45-42-31-29-27-25-23-21-19-17-14-11-8-5-2/h8,11,17,19,23,25,29,31,71H,4-7,9-10,12-16,18,20-22,24,26-28,30,32-70H2,1-3H3/b11-8-,19-17-,25-23-,31-29-. The highest BCUT2D eigenvalue weighted by Crippen LogP contribution is 2.19. The van der Waals surface area contributed by atoms with Crippen LogP contribution >= 0.6 is 0 Å². The maximum atomic E-state index is 12.9. The molecule has 80 heavy (non-hydrogen) atoms. The predicted molar refractivity (Wildman–Crippen MR) is 349 cm³/mol. The number of ether oxygens (including phenoxy) is 3. The molecule has 1 atom stereocenters. The van der Waals surface area contributed by atoms with Gasteiger partial charge in [0.25, 0.3) is 0 Å². The molecule has 6 nitrogen and oxygen atoms in total. The number of esters is 3. The molecule has 6 heteroatoms. The molecule has 0 bridgehead atoms. The predicted octanol–water partition coefficient (Wildman–Crippen LogP) is 24.5.